The SMILES string of the molecule is CCNC(c1cncc(C)c1)c1c(OC)cnn1C. The average molecular weight is 260 g/mol. The van der Waals surface area contributed by atoms with E-state index < -0.39 is 0 Å². The number of hydrogen-bond acceptors (Lipinski definition) is 4. The van der Waals surface area contributed by atoms with Crippen molar-refractivity contribution in [1.29, 1.82) is 0 Å². The maximum Gasteiger partial charge on any atom is 0.161 e. The Morgan fingerprint density at radius 1 is 1.37 bits per heavy atom. The number of nitrogens with zero attached hydrogens (tertiary/aromatic N) is 3. The first-order chi connectivity index (χ1) is 9.17. The van der Waals surface area contributed by atoms with Gasteiger partial charge in [-0.2, -0.15) is 5.10 Å². The number of ether oxygens (including phenoxy) is 1. The van der Waals surface area contributed by atoms with Crippen LogP contribution in [0.5, 0.6) is 5.75 Å². The number of rotatable bonds is 5. The second-order valence-electron chi connectivity index (χ2n) is 4.51. The molecule has 102 valence electrons. The first kappa shape index (κ1) is 13.5. The predicted molar refractivity (Wildman–Crippen MR) is 74.3 cm³/mol. The summed E-state index contributed by atoms with van der Waals surface area (Å²) in [7, 11) is 3.59. The van der Waals surface area contributed by atoms with Gasteiger partial charge in [-0.05, 0) is 24.6 Å². The average Bonchev–Trinajstić information content (AvgIpc) is 2.77. The molecule has 0 saturated heterocycles. The van der Waals surface area contributed by atoms with E-state index in [1.165, 1.54) is 0 Å². The van der Waals surface area contributed by atoms with Crippen LogP contribution in [0.15, 0.2) is 24.7 Å². The number of aromatic nitrogens is 3. The molecule has 19 heavy (non-hydrogen) atoms. The van der Waals surface area contributed by atoms with Gasteiger partial charge in [-0.1, -0.05) is 13.0 Å². The Balaban J connectivity index is 2.48. The third-order valence-corrected chi connectivity index (χ3v) is 3.08. The summed E-state index contributed by atoms with van der Waals surface area (Å²) in [5, 5.41) is 7.73. The van der Waals surface area contributed by atoms with Gasteiger partial charge in [-0.15, -0.1) is 0 Å². The van der Waals surface area contributed by atoms with E-state index in [-0.39, 0.29) is 6.04 Å². The highest BCUT2D eigenvalue weighted by molar-refractivity contribution is 5.36. The maximum absolute atomic E-state index is 5.40. The molecule has 0 fully saturated rings. The van der Waals surface area contributed by atoms with Crippen LogP contribution in [-0.4, -0.2) is 28.4 Å². The first-order valence-electron chi connectivity index (χ1n) is 6.38. The van der Waals surface area contributed by atoms with Gasteiger partial charge in [0.1, 0.15) is 5.69 Å². The van der Waals surface area contributed by atoms with Crippen LogP contribution in [0.3, 0.4) is 0 Å². The van der Waals surface area contributed by atoms with Gasteiger partial charge >= 0.3 is 0 Å². The van der Waals surface area contributed by atoms with E-state index >= 15 is 0 Å². The van der Waals surface area contributed by atoms with E-state index in [2.05, 4.69) is 28.4 Å². The lowest BCUT2D eigenvalue weighted by Gasteiger charge is -2.20. The Hall–Kier alpha value is -1.88. The third-order valence-electron chi connectivity index (χ3n) is 3.08. The fraction of sp³-hybridized carbons (Fsp3) is 0.429. The minimum atomic E-state index is 0.0276. The molecule has 0 aliphatic carbocycles. The Bertz CT molecular complexity index is 550. The van der Waals surface area contributed by atoms with Crippen molar-refractivity contribution in [3.63, 3.8) is 0 Å². The monoisotopic (exact) mass is 260 g/mol. The van der Waals surface area contributed by atoms with Crippen molar-refractivity contribution in [3.05, 3.63) is 41.5 Å². The molecule has 2 aromatic heterocycles. The Kier molecular flexibility index (Phi) is 4.16. The zero-order chi connectivity index (χ0) is 13.8. The predicted octanol–water partition coefficient (Wildman–Crippen LogP) is 1.83. The number of aryl methyl sites for hydroxylation is 2. The van der Waals surface area contributed by atoms with E-state index in [0.29, 0.717) is 0 Å². The molecular weight excluding hydrogens is 240 g/mol. The second-order valence-corrected chi connectivity index (χ2v) is 4.51. The van der Waals surface area contributed by atoms with Crippen LogP contribution in [0.25, 0.3) is 0 Å². The molecule has 0 radical (unpaired) electrons. The number of nitrogens with one attached hydrogen (secondary N) is 1. The lowest BCUT2D eigenvalue weighted by atomic mass is 10.0. The normalized spacial score (nSPS) is 12.4. The van der Waals surface area contributed by atoms with Crippen molar-refractivity contribution >= 4 is 0 Å². The van der Waals surface area contributed by atoms with Crippen molar-refractivity contribution < 1.29 is 4.74 Å². The standard InChI is InChI=1S/C14H20N4O/c1-5-16-13(11-6-10(2)7-15-8-11)14-12(19-4)9-17-18(14)3/h6-9,13,16H,5H2,1-4H3. The third kappa shape index (κ3) is 2.76. The number of pyridine rings is 1. The molecule has 5 heteroatoms. The summed E-state index contributed by atoms with van der Waals surface area (Å²) in [4.78, 5) is 4.27. The van der Waals surface area contributed by atoms with Gasteiger partial charge in [-0.3, -0.25) is 9.67 Å². The highest BCUT2D eigenvalue weighted by Gasteiger charge is 2.22. The van der Waals surface area contributed by atoms with Crippen LogP contribution < -0.4 is 10.1 Å². The van der Waals surface area contributed by atoms with Crippen molar-refractivity contribution in [2.75, 3.05) is 13.7 Å². The first-order valence-corrected chi connectivity index (χ1v) is 6.38. The molecule has 2 aromatic rings. The highest BCUT2D eigenvalue weighted by Crippen LogP contribution is 2.29. The van der Waals surface area contributed by atoms with Gasteiger partial charge in [0.15, 0.2) is 5.75 Å². The summed E-state index contributed by atoms with van der Waals surface area (Å²) in [5.41, 5.74) is 3.27. The van der Waals surface area contributed by atoms with Crippen LogP contribution in [-0.2, 0) is 7.05 Å². The summed E-state index contributed by atoms with van der Waals surface area (Å²) in [6, 6.07) is 2.16. The lowest BCUT2D eigenvalue weighted by Crippen LogP contribution is -2.25. The quantitative estimate of drug-likeness (QED) is 0.891. The van der Waals surface area contributed by atoms with Crippen molar-refractivity contribution in [1.82, 2.24) is 20.1 Å². The number of hydrogen-bond donors (Lipinski definition) is 1. The van der Waals surface area contributed by atoms with E-state index in [0.717, 1.165) is 29.1 Å². The summed E-state index contributed by atoms with van der Waals surface area (Å²) < 4.78 is 7.24. The van der Waals surface area contributed by atoms with E-state index in [4.69, 9.17) is 4.74 Å². The number of methoxy groups -OCH3 is 1. The second kappa shape index (κ2) is 5.84. The van der Waals surface area contributed by atoms with Crippen molar-refractivity contribution in [2.45, 2.75) is 19.9 Å². The lowest BCUT2D eigenvalue weighted by molar-refractivity contribution is 0.401. The minimum absolute atomic E-state index is 0.0276. The van der Waals surface area contributed by atoms with Crippen LogP contribution in [0.2, 0.25) is 0 Å². The summed E-state index contributed by atoms with van der Waals surface area (Å²) in [6.07, 6.45) is 5.47. The van der Waals surface area contributed by atoms with Gasteiger partial charge in [0, 0.05) is 19.4 Å². The van der Waals surface area contributed by atoms with Gasteiger partial charge in [0.2, 0.25) is 0 Å². The topological polar surface area (TPSA) is 52.0 Å². The molecule has 1 unspecified atom stereocenters. The molecule has 2 heterocycles. The molecule has 0 aliphatic heterocycles. The summed E-state index contributed by atoms with van der Waals surface area (Å²) in [6.45, 7) is 4.98. The largest absolute Gasteiger partial charge is 0.493 e. The fourth-order valence-electron chi connectivity index (χ4n) is 2.23. The summed E-state index contributed by atoms with van der Waals surface area (Å²) in [5.74, 6) is 0.787. The van der Waals surface area contributed by atoms with Gasteiger partial charge in [0.05, 0.1) is 19.3 Å². The molecule has 0 aromatic carbocycles. The molecule has 0 spiro atoms. The van der Waals surface area contributed by atoms with Crippen LogP contribution in [0, 0.1) is 6.92 Å². The van der Waals surface area contributed by atoms with Crippen molar-refractivity contribution in [3.8, 4) is 5.75 Å². The molecule has 1 atom stereocenters. The van der Waals surface area contributed by atoms with Crippen LogP contribution in [0.1, 0.15) is 29.8 Å². The molecule has 0 bridgehead atoms. The van der Waals surface area contributed by atoms with Crippen molar-refractivity contribution in [2.24, 2.45) is 7.05 Å². The molecule has 0 amide bonds. The molecule has 1 N–H and O–H groups in total. The maximum atomic E-state index is 5.40. The molecular formula is C14H20N4O. The molecule has 0 aliphatic rings. The summed E-state index contributed by atoms with van der Waals surface area (Å²) >= 11 is 0. The molecule has 0 saturated carbocycles. The van der Waals surface area contributed by atoms with Crippen LogP contribution >= 0.6 is 0 Å². The zero-order valence-corrected chi connectivity index (χ0v) is 11.8. The zero-order valence-electron chi connectivity index (χ0n) is 11.8. The van der Waals surface area contributed by atoms with Gasteiger partial charge < -0.3 is 10.1 Å². The van der Waals surface area contributed by atoms with Crippen LogP contribution in [0.4, 0.5) is 0 Å². The fourth-order valence-corrected chi connectivity index (χ4v) is 2.23. The van der Waals surface area contributed by atoms with E-state index in [1.54, 1.807) is 13.3 Å². The molecule has 5 nitrogen and oxygen atoms in total. The Labute approximate surface area is 113 Å². The van der Waals surface area contributed by atoms with Gasteiger partial charge in [0.25, 0.3) is 0 Å². The van der Waals surface area contributed by atoms with Gasteiger partial charge in [-0.25, -0.2) is 0 Å². The Morgan fingerprint density at radius 3 is 2.79 bits per heavy atom. The van der Waals surface area contributed by atoms with E-state index in [1.807, 2.05) is 31.0 Å². The van der Waals surface area contributed by atoms with E-state index in [9.17, 15) is 0 Å². The Morgan fingerprint density at radius 2 is 2.16 bits per heavy atom. The molecule has 2 rings (SSSR count). The highest BCUT2D eigenvalue weighted by atomic mass is 16.5. The smallest absolute Gasteiger partial charge is 0.161 e. The minimum Gasteiger partial charge on any atom is -0.493 e.